The lowest BCUT2D eigenvalue weighted by Gasteiger charge is -2.24. The van der Waals surface area contributed by atoms with E-state index >= 15 is 0 Å². The van der Waals surface area contributed by atoms with Crippen molar-refractivity contribution in [3.05, 3.63) is 119 Å². The fraction of sp³-hybridized carbons (Fsp3) is 0.242. The van der Waals surface area contributed by atoms with Crippen LogP contribution in [0.3, 0.4) is 0 Å². The summed E-state index contributed by atoms with van der Waals surface area (Å²) in [6.07, 6.45) is 1.73. The van der Waals surface area contributed by atoms with Crippen LogP contribution in [0.25, 0.3) is 6.08 Å². The number of hydrogen-bond acceptors (Lipinski definition) is 8. The molecule has 8 nitrogen and oxygen atoms in total. The number of fused-ring (bicyclic) bond motifs is 1. The van der Waals surface area contributed by atoms with Gasteiger partial charge in [0.2, 0.25) is 0 Å². The Hall–Kier alpha value is -4.41. The van der Waals surface area contributed by atoms with Gasteiger partial charge in [-0.25, -0.2) is 14.2 Å². The van der Waals surface area contributed by atoms with E-state index in [1.54, 1.807) is 63.4 Å². The number of halogens is 2. The minimum Gasteiger partial charge on any atom is -0.497 e. The molecule has 0 aliphatic carbocycles. The monoisotopic (exact) mass is 636 g/mol. The summed E-state index contributed by atoms with van der Waals surface area (Å²) in [6, 6.07) is 16.1. The molecule has 0 radical (unpaired) electrons. The Labute approximate surface area is 262 Å². The van der Waals surface area contributed by atoms with Crippen molar-refractivity contribution in [3.63, 3.8) is 0 Å². The second-order valence-corrected chi connectivity index (χ2v) is 11.1. The minimum atomic E-state index is -0.738. The summed E-state index contributed by atoms with van der Waals surface area (Å²) in [5.41, 5.74) is 2.10. The van der Waals surface area contributed by atoms with Gasteiger partial charge < -0.3 is 18.9 Å². The first-order chi connectivity index (χ1) is 21.2. The van der Waals surface area contributed by atoms with Crippen LogP contribution in [-0.2, 0) is 16.1 Å². The largest absolute Gasteiger partial charge is 0.497 e. The van der Waals surface area contributed by atoms with Crippen LogP contribution >= 0.6 is 22.9 Å². The van der Waals surface area contributed by atoms with Crippen LogP contribution in [-0.4, -0.2) is 30.9 Å². The average Bonchev–Trinajstić information content (AvgIpc) is 3.31. The van der Waals surface area contributed by atoms with Crippen molar-refractivity contribution in [2.45, 2.75) is 33.4 Å². The van der Waals surface area contributed by atoms with Crippen LogP contribution in [0.2, 0.25) is 5.02 Å². The lowest BCUT2D eigenvalue weighted by Crippen LogP contribution is -2.39. The average molecular weight is 637 g/mol. The molecule has 0 fully saturated rings. The summed E-state index contributed by atoms with van der Waals surface area (Å²) in [5.74, 6) is 0.486. The first kappa shape index (κ1) is 31.0. The third-order valence-electron chi connectivity index (χ3n) is 6.95. The predicted octanol–water partition coefficient (Wildman–Crippen LogP) is 5.58. The van der Waals surface area contributed by atoms with Crippen LogP contribution < -0.4 is 29.1 Å². The van der Waals surface area contributed by atoms with E-state index in [-0.39, 0.29) is 29.4 Å². The van der Waals surface area contributed by atoms with Gasteiger partial charge in [0.05, 0.1) is 47.2 Å². The number of aromatic nitrogens is 1. The highest BCUT2D eigenvalue weighted by Crippen LogP contribution is 2.33. The SMILES string of the molecule is CCOC(=O)C1=C(C)N=c2s/c(=C\c3ccc(OCc4c(F)cccc4Cl)c(OCC)c3)c(=O)n2C1c1ccc(OC)cc1. The lowest BCUT2D eigenvalue weighted by atomic mass is 9.96. The van der Waals surface area contributed by atoms with Crippen molar-refractivity contribution >= 4 is 35.0 Å². The van der Waals surface area contributed by atoms with Gasteiger partial charge in [-0.15, -0.1) is 0 Å². The molecule has 5 rings (SSSR count). The van der Waals surface area contributed by atoms with E-state index in [1.165, 1.54) is 28.0 Å². The van der Waals surface area contributed by atoms with Crippen molar-refractivity contribution < 1.29 is 28.1 Å². The van der Waals surface area contributed by atoms with Gasteiger partial charge >= 0.3 is 5.97 Å². The molecule has 1 aliphatic heterocycles. The number of rotatable bonds is 10. The first-order valence-corrected chi connectivity index (χ1v) is 15.1. The highest BCUT2D eigenvalue weighted by molar-refractivity contribution is 7.07. The Morgan fingerprint density at radius 2 is 1.84 bits per heavy atom. The molecule has 11 heteroatoms. The molecule has 0 saturated heterocycles. The molecule has 44 heavy (non-hydrogen) atoms. The molecule has 0 bridgehead atoms. The highest BCUT2D eigenvalue weighted by atomic mass is 35.5. The van der Waals surface area contributed by atoms with Crippen molar-refractivity contribution in [3.8, 4) is 17.2 Å². The number of esters is 1. The molecular weight excluding hydrogens is 607 g/mol. The van der Waals surface area contributed by atoms with Gasteiger partial charge in [0.15, 0.2) is 16.3 Å². The quantitative estimate of drug-likeness (QED) is 0.211. The normalized spacial score (nSPS) is 14.6. The maximum atomic E-state index is 14.3. The van der Waals surface area contributed by atoms with E-state index < -0.39 is 17.8 Å². The molecule has 0 spiro atoms. The zero-order chi connectivity index (χ0) is 31.4. The lowest BCUT2D eigenvalue weighted by molar-refractivity contribution is -0.139. The van der Waals surface area contributed by atoms with Crippen LogP contribution in [0.1, 0.15) is 43.5 Å². The Morgan fingerprint density at radius 1 is 1.07 bits per heavy atom. The Balaban J connectivity index is 1.55. The summed E-state index contributed by atoms with van der Waals surface area (Å²) in [5, 5.41) is 0.268. The number of nitrogens with zero attached hydrogens (tertiary/aromatic N) is 2. The number of hydrogen-bond donors (Lipinski definition) is 0. The molecule has 0 N–H and O–H groups in total. The summed E-state index contributed by atoms with van der Waals surface area (Å²) >= 11 is 7.37. The van der Waals surface area contributed by atoms with Crippen molar-refractivity contribution in [1.29, 1.82) is 0 Å². The maximum Gasteiger partial charge on any atom is 0.338 e. The topological polar surface area (TPSA) is 88.4 Å². The molecule has 0 amide bonds. The molecule has 1 atom stereocenters. The number of thiazole rings is 1. The summed E-state index contributed by atoms with van der Waals surface area (Å²) in [4.78, 5) is 32.1. The number of allylic oxidation sites excluding steroid dienone is 1. The van der Waals surface area contributed by atoms with E-state index in [0.29, 0.717) is 55.6 Å². The predicted molar refractivity (Wildman–Crippen MR) is 167 cm³/mol. The molecule has 228 valence electrons. The van der Waals surface area contributed by atoms with Crippen molar-refractivity contribution in [2.75, 3.05) is 20.3 Å². The fourth-order valence-corrected chi connectivity index (χ4v) is 6.13. The van der Waals surface area contributed by atoms with Gasteiger partial charge in [-0.2, -0.15) is 0 Å². The molecule has 3 aromatic carbocycles. The molecule has 1 aliphatic rings. The third-order valence-corrected chi connectivity index (χ3v) is 8.28. The van der Waals surface area contributed by atoms with Gasteiger partial charge in [0.25, 0.3) is 5.56 Å². The first-order valence-electron chi connectivity index (χ1n) is 13.9. The van der Waals surface area contributed by atoms with E-state index in [1.807, 2.05) is 19.1 Å². The fourth-order valence-electron chi connectivity index (χ4n) is 4.87. The van der Waals surface area contributed by atoms with E-state index in [9.17, 15) is 14.0 Å². The van der Waals surface area contributed by atoms with Crippen LogP contribution in [0.15, 0.2) is 81.7 Å². The van der Waals surface area contributed by atoms with Crippen molar-refractivity contribution in [2.24, 2.45) is 4.99 Å². The molecule has 1 unspecified atom stereocenters. The summed E-state index contributed by atoms with van der Waals surface area (Å²) in [7, 11) is 1.57. The molecule has 1 aromatic heterocycles. The molecule has 0 saturated carbocycles. The maximum absolute atomic E-state index is 14.3. The smallest absolute Gasteiger partial charge is 0.338 e. The zero-order valence-electron chi connectivity index (χ0n) is 24.6. The second kappa shape index (κ2) is 13.5. The summed E-state index contributed by atoms with van der Waals surface area (Å²) in [6.45, 7) is 5.77. The molecular formula is C33H30ClFN2O6S. The van der Waals surface area contributed by atoms with Crippen LogP contribution in [0, 0.1) is 5.82 Å². The van der Waals surface area contributed by atoms with Gasteiger partial charge in [0.1, 0.15) is 18.2 Å². The molecule has 2 heterocycles. The second-order valence-electron chi connectivity index (χ2n) is 9.70. The van der Waals surface area contributed by atoms with E-state index in [2.05, 4.69) is 4.99 Å². The zero-order valence-corrected chi connectivity index (χ0v) is 26.1. The standard InChI is InChI=1S/C33H30ClFN2O6S/c1-5-41-27-16-20(10-15-26(27)43-18-23-24(34)8-7-9-25(23)35)17-28-31(38)37-30(21-11-13-22(40-4)14-12-21)29(32(39)42-6-2)19(3)36-33(37)44-28/h7-17,30H,5-6,18H2,1-4H3/b28-17-. The number of methoxy groups -OCH3 is 1. The number of benzene rings is 3. The van der Waals surface area contributed by atoms with Gasteiger partial charge in [-0.1, -0.05) is 47.2 Å². The van der Waals surface area contributed by atoms with Gasteiger partial charge in [0, 0.05) is 5.56 Å². The number of carbonyl (C=O) groups is 1. The van der Waals surface area contributed by atoms with Crippen LogP contribution in [0.5, 0.6) is 17.2 Å². The van der Waals surface area contributed by atoms with Gasteiger partial charge in [-0.3, -0.25) is 9.36 Å². The highest BCUT2D eigenvalue weighted by Gasteiger charge is 2.33. The third kappa shape index (κ3) is 6.27. The summed E-state index contributed by atoms with van der Waals surface area (Å²) < 4.78 is 38.6. The Kier molecular flexibility index (Phi) is 9.51. The Bertz CT molecular complexity index is 1900. The van der Waals surface area contributed by atoms with Crippen molar-refractivity contribution in [1.82, 2.24) is 4.57 Å². The van der Waals surface area contributed by atoms with E-state index in [0.717, 1.165) is 0 Å². The Morgan fingerprint density at radius 3 is 2.52 bits per heavy atom. The molecule has 4 aromatic rings. The van der Waals surface area contributed by atoms with Crippen LogP contribution in [0.4, 0.5) is 4.39 Å². The van der Waals surface area contributed by atoms with Gasteiger partial charge in [-0.05, 0) is 74.4 Å². The number of ether oxygens (including phenoxy) is 4. The minimum absolute atomic E-state index is 0.0863. The van der Waals surface area contributed by atoms with E-state index in [4.69, 9.17) is 30.5 Å². The number of carbonyl (C=O) groups excluding carboxylic acids is 1.